The van der Waals surface area contributed by atoms with Crippen LogP contribution < -0.4 is 4.74 Å². The molecule has 2 aromatic rings. The van der Waals surface area contributed by atoms with Gasteiger partial charge in [0, 0.05) is 22.3 Å². The molecule has 0 aromatic heterocycles. The Balaban J connectivity index is 3.01. The van der Waals surface area contributed by atoms with Crippen molar-refractivity contribution in [2.24, 2.45) is 0 Å². The minimum atomic E-state index is -0.171. The van der Waals surface area contributed by atoms with Crippen LogP contribution >= 0.6 is 0 Å². The standard InChI is InChI=1S/C30H46O3/c1-27(2,3)21-13-19(17-31)14-22(28(4,5)6)25(21)33-26-23(29(7,8)9)15-20(18-32)16-24(26)30(10,11)12/h13-16,31-32H,17-18H2,1-12H3. The lowest BCUT2D eigenvalue weighted by Crippen LogP contribution is -2.23. The molecule has 0 aliphatic heterocycles. The summed E-state index contributed by atoms with van der Waals surface area (Å²) in [5.41, 5.74) is 5.47. The fourth-order valence-electron chi connectivity index (χ4n) is 4.11. The number of aliphatic hydroxyl groups is 2. The van der Waals surface area contributed by atoms with Gasteiger partial charge in [-0.2, -0.15) is 0 Å². The Labute approximate surface area is 202 Å². The van der Waals surface area contributed by atoms with Crippen LogP contribution in [0.1, 0.15) is 116 Å². The lowest BCUT2D eigenvalue weighted by Gasteiger charge is -2.34. The maximum absolute atomic E-state index is 9.99. The average molecular weight is 455 g/mol. The van der Waals surface area contributed by atoms with E-state index in [0.717, 1.165) is 44.9 Å². The number of benzene rings is 2. The fourth-order valence-corrected chi connectivity index (χ4v) is 4.11. The summed E-state index contributed by atoms with van der Waals surface area (Å²) in [5.74, 6) is 1.75. The van der Waals surface area contributed by atoms with Crippen molar-refractivity contribution in [3.63, 3.8) is 0 Å². The van der Waals surface area contributed by atoms with E-state index in [0.29, 0.717) is 0 Å². The van der Waals surface area contributed by atoms with E-state index < -0.39 is 0 Å². The second-order valence-electron chi connectivity index (χ2n) is 13.5. The van der Waals surface area contributed by atoms with Crippen LogP contribution in [0.25, 0.3) is 0 Å². The number of hydrogen-bond acceptors (Lipinski definition) is 3. The van der Waals surface area contributed by atoms with E-state index >= 15 is 0 Å². The summed E-state index contributed by atoms with van der Waals surface area (Å²) in [6.07, 6.45) is 0. The Morgan fingerprint density at radius 3 is 0.848 bits per heavy atom. The summed E-state index contributed by atoms with van der Waals surface area (Å²) in [7, 11) is 0. The van der Waals surface area contributed by atoms with Crippen LogP contribution in [0.15, 0.2) is 24.3 Å². The molecular weight excluding hydrogens is 408 g/mol. The second kappa shape index (κ2) is 9.07. The predicted molar refractivity (Wildman–Crippen MR) is 140 cm³/mol. The van der Waals surface area contributed by atoms with Gasteiger partial charge in [0.1, 0.15) is 11.5 Å². The normalized spacial score (nSPS) is 13.4. The quantitative estimate of drug-likeness (QED) is 0.499. The SMILES string of the molecule is CC(C)(C)c1cc(CO)cc(C(C)(C)C)c1Oc1c(C(C)(C)C)cc(CO)cc1C(C)(C)C. The summed E-state index contributed by atoms with van der Waals surface area (Å²) in [4.78, 5) is 0. The molecule has 0 saturated carbocycles. The summed E-state index contributed by atoms with van der Waals surface area (Å²) < 4.78 is 7.04. The van der Waals surface area contributed by atoms with Gasteiger partial charge < -0.3 is 14.9 Å². The van der Waals surface area contributed by atoms with E-state index in [4.69, 9.17) is 4.74 Å². The molecule has 3 heteroatoms. The van der Waals surface area contributed by atoms with Crippen LogP contribution in [0.4, 0.5) is 0 Å². The van der Waals surface area contributed by atoms with Crippen LogP contribution in [0.2, 0.25) is 0 Å². The van der Waals surface area contributed by atoms with Crippen molar-refractivity contribution in [1.29, 1.82) is 0 Å². The monoisotopic (exact) mass is 454 g/mol. The molecule has 33 heavy (non-hydrogen) atoms. The first-order valence-corrected chi connectivity index (χ1v) is 12.1. The summed E-state index contributed by atoms with van der Waals surface area (Å²) in [5, 5.41) is 20.0. The van der Waals surface area contributed by atoms with Gasteiger partial charge >= 0.3 is 0 Å². The molecule has 0 bridgehead atoms. The van der Waals surface area contributed by atoms with Gasteiger partial charge in [-0.15, -0.1) is 0 Å². The third-order valence-corrected chi connectivity index (χ3v) is 6.10. The van der Waals surface area contributed by atoms with Gasteiger partial charge in [-0.3, -0.25) is 0 Å². The molecule has 0 spiro atoms. The van der Waals surface area contributed by atoms with E-state index in [-0.39, 0.29) is 34.9 Å². The number of hydrogen-bond donors (Lipinski definition) is 2. The topological polar surface area (TPSA) is 49.7 Å². The second-order valence-corrected chi connectivity index (χ2v) is 13.5. The first-order valence-electron chi connectivity index (χ1n) is 12.1. The van der Waals surface area contributed by atoms with Gasteiger partial charge in [0.05, 0.1) is 13.2 Å². The van der Waals surface area contributed by atoms with Gasteiger partial charge in [-0.05, 0) is 57.1 Å². The van der Waals surface area contributed by atoms with Crippen molar-refractivity contribution in [3.05, 3.63) is 57.6 Å². The smallest absolute Gasteiger partial charge is 0.134 e. The fraction of sp³-hybridized carbons (Fsp3) is 0.600. The minimum absolute atomic E-state index is 0.00187. The molecule has 0 aliphatic rings. The number of ether oxygens (including phenoxy) is 1. The van der Waals surface area contributed by atoms with E-state index in [9.17, 15) is 10.2 Å². The van der Waals surface area contributed by atoms with Gasteiger partial charge in [-0.1, -0.05) is 83.1 Å². The molecule has 2 aromatic carbocycles. The van der Waals surface area contributed by atoms with Crippen LogP contribution in [0.5, 0.6) is 11.5 Å². The summed E-state index contributed by atoms with van der Waals surface area (Å²) in [6, 6.07) is 8.33. The Morgan fingerprint density at radius 1 is 0.485 bits per heavy atom. The third kappa shape index (κ3) is 6.19. The van der Waals surface area contributed by atoms with Gasteiger partial charge in [0.15, 0.2) is 0 Å². The first kappa shape index (κ1) is 27.4. The maximum Gasteiger partial charge on any atom is 0.134 e. The first-order chi connectivity index (χ1) is 14.8. The predicted octanol–water partition coefficient (Wildman–Crippen LogP) is 7.65. The molecule has 0 fully saturated rings. The molecule has 0 radical (unpaired) electrons. The Bertz CT molecular complexity index is 836. The van der Waals surface area contributed by atoms with Crippen molar-refractivity contribution in [3.8, 4) is 11.5 Å². The molecule has 0 amide bonds. The van der Waals surface area contributed by atoms with Crippen molar-refractivity contribution in [2.45, 2.75) is 118 Å². The van der Waals surface area contributed by atoms with Gasteiger partial charge in [0.25, 0.3) is 0 Å². The lowest BCUT2D eigenvalue weighted by molar-refractivity contribution is 0.280. The molecule has 3 nitrogen and oxygen atoms in total. The Kier molecular flexibility index (Phi) is 7.54. The molecule has 0 saturated heterocycles. The van der Waals surface area contributed by atoms with Crippen LogP contribution in [0, 0.1) is 0 Å². The van der Waals surface area contributed by atoms with Crippen molar-refractivity contribution in [1.82, 2.24) is 0 Å². The molecule has 0 heterocycles. The molecule has 184 valence electrons. The zero-order valence-corrected chi connectivity index (χ0v) is 23.0. The highest BCUT2D eigenvalue weighted by Crippen LogP contribution is 2.48. The molecule has 0 unspecified atom stereocenters. The number of aliphatic hydroxyl groups excluding tert-OH is 2. The van der Waals surface area contributed by atoms with Crippen molar-refractivity contribution in [2.75, 3.05) is 0 Å². The van der Waals surface area contributed by atoms with E-state index in [2.05, 4.69) is 107 Å². The lowest BCUT2D eigenvalue weighted by atomic mass is 9.77. The molecule has 0 atom stereocenters. The highest BCUT2D eigenvalue weighted by molar-refractivity contribution is 5.57. The molecule has 2 rings (SSSR count). The van der Waals surface area contributed by atoms with Crippen molar-refractivity contribution < 1.29 is 14.9 Å². The van der Waals surface area contributed by atoms with E-state index in [1.807, 2.05) is 0 Å². The zero-order chi connectivity index (χ0) is 25.6. The summed E-state index contributed by atoms with van der Waals surface area (Å²) >= 11 is 0. The van der Waals surface area contributed by atoms with Crippen molar-refractivity contribution >= 4 is 0 Å². The minimum Gasteiger partial charge on any atom is -0.456 e. The zero-order valence-electron chi connectivity index (χ0n) is 23.0. The highest BCUT2D eigenvalue weighted by atomic mass is 16.5. The molecular formula is C30H46O3. The van der Waals surface area contributed by atoms with Gasteiger partial charge in [0.2, 0.25) is 0 Å². The Morgan fingerprint density at radius 2 is 0.697 bits per heavy atom. The van der Waals surface area contributed by atoms with Gasteiger partial charge in [-0.25, -0.2) is 0 Å². The summed E-state index contributed by atoms with van der Waals surface area (Å²) in [6.45, 7) is 26.2. The average Bonchev–Trinajstić information content (AvgIpc) is 2.64. The largest absolute Gasteiger partial charge is 0.456 e. The van der Waals surface area contributed by atoms with E-state index in [1.54, 1.807) is 0 Å². The maximum atomic E-state index is 9.99. The molecule has 0 aliphatic carbocycles. The Hall–Kier alpha value is -1.84. The number of rotatable bonds is 4. The molecule has 2 N–H and O–H groups in total. The third-order valence-electron chi connectivity index (χ3n) is 6.10. The van der Waals surface area contributed by atoms with Crippen LogP contribution in [-0.4, -0.2) is 10.2 Å². The van der Waals surface area contributed by atoms with E-state index in [1.165, 1.54) is 0 Å². The van der Waals surface area contributed by atoms with Crippen LogP contribution in [0.3, 0.4) is 0 Å². The van der Waals surface area contributed by atoms with Crippen LogP contribution in [-0.2, 0) is 34.9 Å². The highest BCUT2D eigenvalue weighted by Gasteiger charge is 2.32.